The minimum absolute atomic E-state index is 0.363. The third kappa shape index (κ3) is 1.66. The van der Waals surface area contributed by atoms with Crippen LogP contribution in [0.4, 0.5) is 11.9 Å². The van der Waals surface area contributed by atoms with Crippen molar-refractivity contribution in [2.24, 2.45) is 11.3 Å². The lowest BCUT2D eigenvalue weighted by atomic mass is 9.92. The maximum atomic E-state index is 5.42. The Bertz CT molecular complexity index is 313. The number of hydrogen-bond acceptors (Lipinski definition) is 4. The molecular formula is C9H17N5. The van der Waals surface area contributed by atoms with E-state index in [1.54, 1.807) is 0 Å². The fraction of sp³-hybridized carbons (Fsp3) is 0.778. The number of nitrogens with zero attached hydrogens (tertiary/aromatic N) is 2. The normalized spacial score (nSPS) is 18.5. The number of nitrogen functional groups attached to an aromatic ring is 1. The van der Waals surface area contributed by atoms with Gasteiger partial charge in [-0.05, 0) is 24.2 Å². The fourth-order valence-corrected chi connectivity index (χ4v) is 1.73. The van der Waals surface area contributed by atoms with Crippen molar-refractivity contribution in [3.8, 4) is 0 Å². The second kappa shape index (κ2) is 3.15. The van der Waals surface area contributed by atoms with E-state index in [1.165, 1.54) is 12.8 Å². The average Bonchev–Trinajstić information content (AvgIpc) is 2.82. The molecule has 1 aliphatic rings. The summed E-state index contributed by atoms with van der Waals surface area (Å²) in [5, 5.41) is 9.76. The predicted molar refractivity (Wildman–Crippen MR) is 55.8 cm³/mol. The molecule has 0 radical (unpaired) electrons. The minimum atomic E-state index is 0.363. The van der Waals surface area contributed by atoms with Crippen molar-refractivity contribution in [3.63, 3.8) is 0 Å². The molecule has 0 aromatic carbocycles. The number of aromatic amines is 1. The summed E-state index contributed by atoms with van der Waals surface area (Å²) in [5.74, 6) is 1.68. The van der Waals surface area contributed by atoms with Gasteiger partial charge in [0.2, 0.25) is 11.9 Å². The molecule has 4 N–H and O–H groups in total. The molecule has 1 heterocycles. The van der Waals surface area contributed by atoms with Gasteiger partial charge in [0.25, 0.3) is 0 Å². The van der Waals surface area contributed by atoms with E-state index >= 15 is 0 Å². The molecule has 5 heteroatoms. The first kappa shape index (κ1) is 9.30. The second-order valence-corrected chi connectivity index (χ2v) is 4.41. The first-order valence-corrected chi connectivity index (χ1v) is 5.04. The number of H-pyrrole nitrogens is 1. The van der Waals surface area contributed by atoms with E-state index in [4.69, 9.17) is 5.73 Å². The van der Waals surface area contributed by atoms with Crippen LogP contribution in [0.1, 0.15) is 26.7 Å². The van der Waals surface area contributed by atoms with E-state index in [9.17, 15) is 0 Å². The number of nitrogens with one attached hydrogen (secondary N) is 2. The standard InChI is InChI=1S/C9H17N5/c1-6(2)9(3-4-9)5-11-8-12-7(10)13-14-8/h6H,3-5H2,1-2H3,(H4,10,11,12,13,14). The summed E-state index contributed by atoms with van der Waals surface area (Å²) in [4.78, 5) is 4.00. The molecule has 0 saturated heterocycles. The Morgan fingerprint density at radius 2 is 2.29 bits per heavy atom. The van der Waals surface area contributed by atoms with Gasteiger partial charge in [0.15, 0.2) is 0 Å². The molecule has 0 spiro atoms. The second-order valence-electron chi connectivity index (χ2n) is 4.41. The summed E-state index contributed by atoms with van der Waals surface area (Å²) in [7, 11) is 0. The number of aromatic nitrogens is 3. The number of rotatable bonds is 4. The van der Waals surface area contributed by atoms with Crippen LogP contribution >= 0.6 is 0 Å². The van der Waals surface area contributed by atoms with Crippen molar-refractivity contribution in [2.75, 3.05) is 17.6 Å². The van der Waals surface area contributed by atoms with Gasteiger partial charge in [0, 0.05) is 6.54 Å². The molecule has 14 heavy (non-hydrogen) atoms. The predicted octanol–water partition coefficient (Wildman–Crippen LogP) is 1.23. The largest absolute Gasteiger partial charge is 0.368 e. The average molecular weight is 195 g/mol. The molecule has 78 valence electrons. The Morgan fingerprint density at radius 3 is 2.71 bits per heavy atom. The van der Waals surface area contributed by atoms with Gasteiger partial charge >= 0.3 is 0 Å². The number of nitrogens with two attached hydrogens (primary N) is 1. The summed E-state index contributed by atoms with van der Waals surface area (Å²) in [6, 6.07) is 0. The zero-order valence-corrected chi connectivity index (χ0v) is 8.67. The summed E-state index contributed by atoms with van der Waals surface area (Å²) in [6.45, 7) is 5.48. The van der Waals surface area contributed by atoms with Crippen molar-refractivity contribution in [1.29, 1.82) is 0 Å². The Balaban J connectivity index is 1.89. The molecule has 0 aliphatic heterocycles. The lowest BCUT2D eigenvalue weighted by Gasteiger charge is -2.19. The molecule has 0 bridgehead atoms. The van der Waals surface area contributed by atoms with Crippen LogP contribution in [0.25, 0.3) is 0 Å². The lowest BCUT2D eigenvalue weighted by molar-refractivity contribution is 0.379. The van der Waals surface area contributed by atoms with Crippen LogP contribution in [-0.4, -0.2) is 21.7 Å². The van der Waals surface area contributed by atoms with E-state index in [2.05, 4.69) is 34.3 Å². The van der Waals surface area contributed by atoms with Crippen LogP contribution < -0.4 is 11.1 Å². The van der Waals surface area contributed by atoms with Gasteiger partial charge in [-0.2, -0.15) is 4.98 Å². The molecular weight excluding hydrogens is 178 g/mol. The van der Waals surface area contributed by atoms with Crippen molar-refractivity contribution in [2.45, 2.75) is 26.7 Å². The molecule has 5 nitrogen and oxygen atoms in total. The summed E-state index contributed by atoms with van der Waals surface area (Å²) in [5.41, 5.74) is 5.89. The monoisotopic (exact) mass is 195 g/mol. The Labute approximate surface area is 83.5 Å². The van der Waals surface area contributed by atoms with Crippen molar-refractivity contribution < 1.29 is 0 Å². The SMILES string of the molecule is CC(C)C1(CNc2n[nH]c(N)n2)CC1. The molecule has 0 atom stereocenters. The van der Waals surface area contributed by atoms with Crippen molar-refractivity contribution >= 4 is 11.9 Å². The maximum Gasteiger partial charge on any atom is 0.243 e. The van der Waals surface area contributed by atoms with E-state index in [1.807, 2.05) is 0 Å². The van der Waals surface area contributed by atoms with Gasteiger partial charge in [-0.15, -0.1) is 5.10 Å². The van der Waals surface area contributed by atoms with Gasteiger partial charge in [-0.1, -0.05) is 13.8 Å². The first-order valence-electron chi connectivity index (χ1n) is 5.04. The van der Waals surface area contributed by atoms with Crippen LogP contribution in [0.5, 0.6) is 0 Å². The number of anilines is 2. The van der Waals surface area contributed by atoms with Crippen LogP contribution in [0.3, 0.4) is 0 Å². The number of hydrogen-bond donors (Lipinski definition) is 3. The highest BCUT2D eigenvalue weighted by molar-refractivity contribution is 5.30. The van der Waals surface area contributed by atoms with E-state index in [0.717, 1.165) is 6.54 Å². The maximum absolute atomic E-state index is 5.42. The highest BCUT2D eigenvalue weighted by Gasteiger charge is 2.45. The van der Waals surface area contributed by atoms with Crippen LogP contribution in [0.2, 0.25) is 0 Å². The zero-order chi connectivity index (χ0) is 10.2. The van der Waals surface area contributed by atoms with E-state index in [-0.39, 0.29) is 0 Å². The Hall–Kier alpha value is -1.26. The lowest BCUT2D eigenvalue weighted by Crippen LogP contribution is -2.21. The fourth-order valence-electron chi connectivity index (χ4n) is 1.73. The Morgan fingerprint density at radius 1 is 1.57 bits per heavy atom. The summed E-state index contributed by atoms with van der Waals surface area (Å²) < 4.78 is 0. The molecule has 1 saturated carbocycles. The topological polar surface area (TPSA) is 79.6 Å². The molecule has 1 aromatic heterocycles. The highest BCUT2D eigenvalue weighted by atomic mass is 15.3. The smallest absolute Gasteiger partial charge is 0.243 e. The molecule has 2 rings (SSSR count). The van der Waals surface area contributed by atoms with Gasteiger partial charge in [0.05, 0.1) is 0 Å². The molecule has 1 fully saturated rings. The van der Waals surface area contributed by atoms with Gasteiger partial charge in [-0.25, -0.2) is 5.10 Å². The van der Waals surface area contributed by atoms with Crippen LogP contribution in [-0.2, 0) is 0 Å². The molecule has 0 unspecified atom stereocenters. The highest BCUT2D eigenvalue weighted by Crippen LogP contribution is 2.51. The third-order valence-corrected chi connectivity index (χ3v) is 3.22. The van der Waals surface area contributed by atoms with E-state index < -0.39 is 0 Å². The summed E-state index contributed by atoms with van der Waals surface area (Å²) in [6.07, 6.45) is 2.61. The van der Waals surface area contributed by atoms with E-state index in [0.29, 0.717) is 23.2 Å². The van der Waals surface area contributed by atoms with Gasteiger partial charge in [0.1, 0.15) is 0 Å². The zero-order valence-electron chi connectivity index (χ0n) is 8.67. The van der Waals surface area contributed by atoms with Gasteiger partial charge in [-0.3, -0.25) is 0 Å². The quantitative estimate of drug-likeness (QED) is 0.675. The third-order valence-electron chi connectivity index (χ3n) is 3.22. The van der Waals surface area contributed by atoms with Crippen LogP contribution in [0, 0.1) is 11.3 Å². The molecule has 1 aromatic rings. The first-order chi connectivity index (χ1) is 6.62. The molecule has 0 amide bonds. The van der Waals surface area contributed by atoms with Crippen molar-refractivity contribution in [1.82, 2.24) is 15.2 Å². The van der Waals surface area contributed by atoms with Crippen molar-refractivity contribution in [3.05, 3.63) is 0 Å². The Kier molecular flexibility index (Phi) is 2.09. The minimum Gasteiger partial charge on any atom is -0.368 e. The van der Waals surface area contributed by atoms with Gasteiger partial charge < -0.3 is 11.1 Å². The molecule has 1 aliphatic carbocycles. The van der Waals surface area contributed by atoms with Crippen LogP contribution in [0.15, 0.2) is 0 Å². The summed E-state index contributed by atoms with van der Waals surface area (Å²) >= 11 is 0.